The normalized spacial score (nSPS) is 16.4. The monoisotopic (exact) mass is 291 g/mol. The molecule has 0 aliphatic carbocycles. The zero-order chi connectivity index (χ0) is 15.0. The molecule has 1 unspecified atom stereocenters. The van der Waals surface area contributed by atoms with Crippen molar-refractivity contribution in [2.24, 2.45) is 0 Å². The van der Waals surface area contributed by atoms with Gasteiger partial charge in [-0.15, -0.1) is 0 Å². The van der Waals surface area contributed by atoms with E-state index in [1.807, 2.05) is 0 Å². The summed E-state index contributed by atoms with van der Waals surface area (Å²) in [4.78, 5) is 0. The summed E-state index contributed by atoms with van der Waals surface area (Å²) in [6.45, 7) is 1.98. The van der Waals surface area contributed by atoms with Crippen molar-refractivity contribution in [3.8, 4) is 11.5 Å². The molecule has 3 rings (SSSR count). The standard InChI is InChI=1S/C16H15F2NO2/c1-9-4-16(13(18)7-14(9)19)20-8-12-6-10-5-11(17)2-3-15(10)21-12/h2-5,7,12H,6,8,19H2,1H3. The molecule has 0 fully saturated rings. The third-order valence-corrected chi connectivity index (χ3v) is 3.51. The fourth-order valence-corrected chi connectivity index (χ4v) is 2.35. The number of hydrogen-bond acceptors (Lipinski definition) is 3. The second kappa shape index (κ2) is 5.24. The minimum atomic E-state index is -0.500. The highest BCUT2D eigenvalue weighted by atomic mass is 19.1. The number of benzene rings is 2. The molecule has 1 aliphatic rings. The zero-order valence-electron chi connectivity index (χ0n) is 11.5. The predicted octanol–water partition coefficient (Wildman–Crippen LogP) is 3.24. The van der Waals surface area contributed by atoms with Gasteiger partial charge in [-0.05, 0) is 36.8 Å². The molecule has 0 spiro atoms. The maximum Gasteiger partial charge on any atom is 0.167 e. The zero-order valence-corrected chi connectivity index (χ0v) is 11.5. The Labute approximate surface area is 121 Å². The largest absolute Gasteiger partial charge is 0.487 e. The fourth-order valence-electron chi connectivity index (χ4n) is 2.35. The van der Waals surface area contributed by atoms with Crippen molar-refractivity contribution in [1.82, 2.24) is 0 Å². The third-order valence-electron chi connectivity index (χ3n) is 3.51. The van der Waals surface area contributed by atoms with E-state index in [-0.39, 0.29) is 24.3 Å². The van der Waals surface area contributed by atoms with E-state index < -0.39 is 5.82 Å². The Morgan fingerprint density at radius 2 is 2.10 bits per heavy atom. The minimum absolute atomic E-state index is 0.146. The van der Waals surface area contributed by atoms with Gasteiger partial charge in [0.2, 0.25) is 0 Å². The quantitative estimate of drug-likeness (QED) is 0.883. The van der Waals surface area contributed by atoms with Crippen LogP contribution in [0.2, 0.25) is 0 Å². The smallest absolute Gasteiger partial charge is 0.167 e. The Balaban J connectivity index is 1.66. The predicted molar refractivity (Wildman–Crippen MR) is 75.6 cm³/mol. The molecule has 2 aromatic carbocycles. The first-order valence-corrected chi connectivity index (χ1v) is 6.66. The number of anilines is 1. The van der Waals surface area contributed by atoms with Crippen LogP contribution in [-0.4, -0.2) is 12.7 Å². The summed E-state index contributed by atoms with van der Waals surface area (Å²) in [6.07, 6.45) is 0.293. The molecular formula is C16H15F2NO2. The third kappa shape index (κ3) is 2.77. The molecule has 5 heteroatoms. The lowest BCUT2D eigenvalue weighted by molar-refractivity contribution is 0.145. The Bertz CT molecular complexity index is 688. The molecule has 2 aromatic rings. The number of rotatable bonds is 3. The van der Waals surface area contributed by atoms with Crippen LogP contribution in [0.1, 0.15) is 11.1 Å². The molecule has 2 N–H and O–H groups in total. The molecule has 0 radical (unpaired) electrons. The van der Waals surface area contributed by atoms with Gasteiger partial charge in [0.15, 0.2) is 11.6 Å². The molecule has 0 saturated heterocycles. The highest BCUT2D eigenvalue weighted by Gasteiger charge is 2.24. The lowest BCUT2D eigenvalue weighted by Gasteiger charge is -2.14. The number of nitrogen functional groups attached to an aromatic ring is 1. The van der Waals surface area contributed by atoms with E-state index >= 15 is 0 Å². The van der Waals surface area contributed by atoms with E-state index in [0.29, 0.717) is 17.9 Å². The Morgan fingerprint density at radius 1 is 1.29 bits per heavy atom. The highest BCUT2D eigenvalue weighted by molar-refractivity contribution is 5.50. The average molecular weight is 291 g/mol. The highest BCUT2D eigenvalue weighted by Crippen LogP contribution is 2.30. The van der Waals surface area contributed by atoms with Crippen molar-refractivity contribution >= 4 is 5.69 Å². The summed E-state index contributed by atoms with van der Waals surface area (Å²) < 4.78 is 38.0. The van der Waals surface area contributed by atoms with Crippen LogP contribution in [-0.2, 0) is 6.42 Å². The lowest BCUT2D eigenvalue weighted by Crippen LogP contribution is -2.22. The molecular weight excluding hydrogens is 276 g/mol. The fraction of sp³-hybridized carbons (Fsp3) is 0.250. The van der Waals surface area contributed by atoms with Gasteiger partial charge in [-0.2, -0.15) is 0 Å². The van der Waals surface area contributed by atoms with Crippen LogP contribution in [0.5, 0.6) is 11.5 Å². The van der Waals surface area contributed by atoms with Gasteiger partial charge < -0.3 is 15.2 Å². The number of fused-ring (bicyclic) bond motifs is 1. The maximum absolute atomic E-state index is 13.7. The number of ether oxygens (including phenoxy) is 2. The van der Waals surface area contributed by atoms with E-state index in [9.17, 15) is 8.78 Å². The van der Waals surface area contributed by atoms with Gasteiger partial charge in [0.25, 0.3) is 0 Å². The van der Waals surface area contributed by atoms with Gasteiger partial charge in [0.1, 0.15) is 24.3 Å². The minimum Gasteiger partial charge on any atom is -0.487 e. The molecule has 21 heavy (non-hydrogen) atoms. The van der Waals surface area contributed by atoms with Crippen molar-refractivity contribution < 1.29 is 18.3 Å². The van der Waals surface area contributed by atoms with Crippen LogP contribution in [0, 0.1) is 18.6 Å². The summed E-state index contributed by atoms with van der Waals surface area (Å²) in [7, 11) is 0. The molecule has 1 atom stereocenters. The van der Waals surface area contributed by atoms with Crippen molar-refractivity contribution in [3.05, 3.63) is 53.1 Å². The van der Waals surface area contributed by atoms with E-state index in [0.717, 1.165) is 11.1 Å². The SMILES string of the molecule is Cc1cc(OCC2Cc3cc(F)ccc3O2)c(F)cc1N. The number of nitrogens with two attached hydrogens (primary N) is 1. The van der Waals surface area contributed by atoms with Gasteiger partial charge in [-0.3, -0.25) is 0 Å². The molecule has 1 aliphatic heterocycles. The first-order chi connectivity index (χ1) is 10.0. The van der Waals surface area contributed by atoms with Gasteiger partial charge in [-0.1, -0.05) is 0 Å². The topological polar surface area (TPSA) is 44.5 Å². The van der Waals surface area contributed by atoms with E-state index in [1.165, 1.54) is 18.2 Å². The molecule has 0 aromatic heterocycles. The number of hydrogen-bond donors (Lipinski definition) is 1. The summed E-state index contributed by atoms with van der Waals surface area (Å²) in [5.74, 6) is 0.00479. The second-order valence-corrected chi connectivity index (χ2v) is 5.15. The van der Waals surface area contributed by atoms with Gasteiger partial charge in [-0.25, -0.2) is 8.78 Å². The van der Waals surface area contributed by atoms with Crippen molar-refractivity contribution in [3.63, 3.8) is 0 Å². The molecule has 0 amide bonds. The van der Waals surface area contributed by atoms with Gasteiger partial charge in [0, 0.05) is 23.7 Å². The second-order valence-electron chi connectivity index (χ2n) is 5.15. The average Bonchev–Trinajstić information content (AvgIpc) is 2.83. The Kier molecular flexibility index (Phi) is 3.41. The van der Waals surface area contributed by atoms with Crippen molar-refractivity contribution in [1.29, 1.82) is 0 Å². The van der Waals surface area contributed by atoms with Crippen LogP contribution in [0.4, 0.5) is 14.5 Å². The summed E-state index contributed by atoms with van der Waals surface area (Å²) in [6, 6.07) is 7.20. The van der Waals surface area contributed by atoms with Crippen molar-refractivity contribution in [2.75, 3.05) is 12.3 Å². The maximum atomic E-state index is 13.7. The summed E-state index contributed by atoms with van der Waals surface area (Å²) >= 11 is 0. The number of halogens is 2. The van der Waals surface area contributed by atoms with Crippen LogP contribution < -0.4 is 15.2 Å². The molecule has 110 valence electrons. The summed E-state index contributed by atoms with van der Waals surface area (Å²) in [5, 5.41) is 0. The van der Waals surface area contributed by atoms with Gasteiger partial charge in [0.05, 0.1) is 0 Å². The van der Waals surface area contributed by atoms with E-state index in [1.54, 1.807) is 19.1 Å². The lowest BCUT2D eigenvalue weighted by atomic mass is 10.1. The molecule has 1 heterocycles. The Morgan fingerprint density at radius 3 is 2.90 bits per heavy atom. The first kappa shape index (κ1) is 13.7. The first-order valence-electron chi connectivity index (χ1n) is 6.66. The van der Waals surface area contributed by atoms with Crippen LogP contribution in [0.25, 0.3) is 0 Å². The summed E-state index contributed by atoms with van der Waals surface area (Å²) in [5.41, 5.74) is 7.57. The van der Waals surface area contributed by atoms with Crippen LogP contribution in [0.15, 0.2) is 30.3 Å². The van der Waals surface area contributed by atoms with Crippen LogP contribution in [0.3, 0.4) is 0 Å². The van der Waals surface area contributed by atoms with E-state index in [4.69, 9.17) is 15.2 Å². The molecule has 3 nitrogen and oxygen atoms in total. The van der Waals surface area contributed by atoms with Gasteiger partial charge >= 0.3 is 0 Å². The van der Waals surface area contributed by atoms with E-state index in [2.05, 4.69) is 0 Å². The Hall–Kier alpha value is -2.30. The molecule has 0 bridgehead atoms. The molecule has 0 saturated carbocycles. The van der Waals surface area contributed by atoms with Crippen LogP contribution >= 0.6 is 0 Å². The van der Waals surface area contributed by atoms with Crippen molar-refractivity contribution in [2.45, 2.75) is 19.4 Å². The number of aryl methyl sites for hydroxylation is 1.